The van der Waals surface area contributed by atoms with Gasteiger partial charge in [0.15, 0.2) is 5.82 Å². The molecule has 4 aliphatic rings. The lowest BCUT2D eigenvalue weighted by atomic mass is 9.88. The van der Waals surface area contributed by atoms with Crippen molar-refractivity contribution in [1.29, 1.82) is 0 Å². The van der Waals surface area contributed by atoms with E-state index in [-0.39, 0.29) is 30.1 Å². The number of nitrogens with zero attached hydrogens (tertiary/aromatic N) is 2. The summed E-state index contributed by atoms with van der Waals surface area (Å²) in [5.74, 6) is 1.63. The molecule has 0 spiro atoms. The maximum atomic E-state index is 10.7. The van der Waals surface area contributed by atoms with Gasteiger partial charge in [0.25, 0.3) is 0 Å². The van der Waals surface area contributed by atoms with E-state index in [1.54, 1.807) is 0 Å². The molecule has 2 unspecified atom stereocenters. The van der Waals surface area contributed by atoms with E-state index < -0.39 is 0 Å². The first kappa shape index (κ1) is 16.7. The maximum Gasteiger partial charge on any atom is 0.155 e. The van der Waals surface area contributed by atoms with Gasteiger partial charge in [-0.3, -0.25) is 0 Å². The van der Waals surface area contributed by atoms with Gasteiger partial charge in [-0.15, -0.1) is 10.2 Å². The predicted octanol–water partition coefficient (Wildman–Crippen LogP) is 3.44. The summed E-state index contributed by atoms with van der Waals surface area (Å²) >= 11 is 0. The normalized spacial score (nSPS) is 30.6. The summed E-state index contributed by atoms with van der Waals surface area (Å²) in [7, 11) is 0. The Morgan fingerprint density at radius 3 is 2.64 bits per heavy atom. The number of ether oxygens (including phenoxy) is 1. The van der Waals surface area contributed by atoms with Crippen LogP contribution in [-0.4, -0.2) is 38.7 Å². The van der Waals surface area contributed by atoms with Gasteiger partial charge < -0.3 is 20.3 Å². The average molecular weight is 379 g/mol. The second kappa shape index (κ2) is 6.16. The Morgan fingerprint density at radius 2 is 1.93 bits per heavy atom. The first-order chi connectivity index (χ1) is 13.7. The summed E-state index contributed by atoms with van der Waals surface area (Å²) in [4.78, 5) is 0. The summed E-state index contributed by atoms with van der Waals surface area (Å²) in [5.41, 5.74) is 4.95. The molecule has 6 heteroatoms. The van der Waals surface area contributed by atoms with Crippen molar-refractivity contribution in [3.8, 4) is 17.0 Å². The molecule has 3 N–H and O–H groups in total. The van der Waals surface area contributed by atoms with E-state index in [2.05, 4.69) is 21.6 Å². The molecule has 28 heavy (non-hydrogen) atoms. The van der Waals surface area contributed by atoms with Gasteiger partial charge in [-0.2, -0.15) is 0 Å². The Balaban J connectivity index is 1.44. The smallest absolute Gasteiger partial charge is 0.155 e. The topological polar surface area (TPSA) is 87.5 Å². The molecular weight excluding hydrogens is 354 g/mol. The highest BCUT2D eigenvalue weighted by atomic mass is 16.5. The van der Waals surface area contributed by atoms with Crippen molar-refractivity contribution in [2.24, 2.45) is 0 Å². The molecule has 2 aliphatic heterocycles. The van der Waals surface area contributed by atoms with Crippen molar-refractivity contribution < 1.29 is 14.9 Å². The Morgan fingerprint density at radius 1 is 1.04 bits per heavy atom. The number of rotatable bonds is 4. The Hall–Kier alpha value is -2.18. The molecule has 3 fully saturated rings. The Labute approximate surface area is 164 Å². The van der Waals surface area contributed by atoms with Crippen LogP contribution in [0.1, 0.15) is 67.2 Å². The van der Waals surface area contributed by atoms with Crippen LogP contribution in [0.5, 0.6) is 5.75 Å². The number of aromatic hydroxyl groups is 1. The highest BCUT2D eigenvalue weighted by molar-refractivity contribution is 5.73. The maximum absolute atomic E-state index is 10.7. The average Bonchev–Trinajstić information content (AvgIpc) is 3.48. The number of benzene rings is 1. The summed E-state index contributed by atoms with van der Waals surface area (Å²) in [6.45, 7) is 0. The summed E-state index contributed by atoms with van der Waals surface area (Å²) < 4.78 is 6.17. The summed E-state index contributed by atoms with van der Waals surface area (Å²) in [6, 6.07) is 6.04. The molecule has 0 radical (unpaired) electrons. The van der Waals surface area contributed by atoms with Gasteiger partial charge in [0, 0.05) is 17.5 Å². The van der Waals surface area contributed by atoms with E-state index >= 15 is 0 Å². The monoisotopic (exact) mass is 379 g/mol. The number of nitrogens with one attached hydrogen (secondary N) is 1. The highest BCUT2D eigenvalue weighted by Gasteiger charge is 2.40. The number of hydrogen-bond donors (Lipinski definition) is 3. The fourth-order valence-electron chi connectivity index (χ4n) is 4.90. The first-order valence-electron chi connectivity index (χ1n) is 10.5. The summed E-state index contributed by atoms with van der Waals surface area (Å²) in [6.07, 6.45) is 6.93. The molecule has 6 rings (SSSR count). The standard InChI is InChI=1S/C22H25N3O3/c26-17-7-6-16(17)23-22-20-15(10-13-4-8-19(20)28-13)21(24-25-22)14-5-3-12(9-18(14)27)11-1-2-11/h3,5,9,11,13,16-17,19,26-27H,1-2,4,6-8,10H2,(H,23,25)/t13?,16-,17-,19?/m1/s1. The second-order valence-corrected chi connectivity index (χ2v) is 8.76. The molecule has 2 aliphatic carbocycles. The Bertz CT molecular complexity index is 943. The fourth-order valence-corrected chi connectivity index (χ4v) is 4.90. The van der Waals surface area contributed by atoms with Crippen molar-refractivity contribution in [2.75, 3.05) is 5.32 Å². The largest absolute Gasteiger partial charge is 0.507 e. The lowest BCUT2D eigenvalue weighted by Crippen LogP contribution is -2.43. The van der Waals surface area contributed by atoms with E-state index in [9.17, 15) is 10.2 Å². The number of phenols is 1. The van der Waals surface area contributed by atoms with E-state index in [4.69, 9.17) is 4.74 Å². The lowest BCUT2D eigenvalue weighted by Gasteiger charge is -2.35. The number of hydrogen-bond acceptors (Lipinski definition) is 6. The van der Waals surface area contributed by atoms with Crippen LogP contribution < -0.4 is 5.32 Å². The van der Waals surface area contributed by atoms with Gasteiger partial charge in [0.1, 0.15) is 11.4 Å². The third-order valence-electron chi connectivity index (χ3n) is 6.86. The molecule has 146 valence electrons. The minimum atomic E-state index is -0.322. The van der Waals surface area contributed by atoms with Crippen LogP contribution in [0.4, 0.5) is 5.82 Å². The van der Waals surface area contributed by atoms with Crippen LogP contribution in [0.2, 0.25) is 0 Å². The van der Waals surface area contributed by atoms with Gasteiger partial charge >= 0.3 is 0 Å². The van der Waals surface area contributed by atoms with Gasteiger partial charge in [0.2, 0.25) is 0 Å². The predicted molar refractivity (Wildman–Crippen MR) is 104 cm³/mol. The van der Waals surface area contributed by atoms with Gasteiger partial charge in [-0.25, -0.2) is 0 Å². The number of anilines is 1. The number of aromatic nitrogens is 2. The van der Waals surface area contributed by atoms with Crippen molar-refractivity contribution in [3.63, 3.8) is 0 Å². The van der Waals surface area contributed by atoms with Crippen molar-refractivity contribution in [3.05, 3.63) is 34.9 Å². The van der Waals surface area contributed by atoms with E-state index in [1.807, 2.05) is 12.1 Å². The molecule has 2 aromatic rings. The van der Waals surface area contributed by atoms with Crippen molar-refractivity contribution >= 4 is 5.82 Å². The van der Waals surface area contributed by atoms with E-state index in [0.29, 0.717) is 5.92 Å². The van der Waals surface area contributed by atoms with E-state index in [0.717, 1.165) is 60.3 Å². The summed E-state index contributed by atoms with van der Waals surface area (Å²) in [5, 5.41) is 33.1. The number of fused-ring (bicyclic) bond motifs is 4. The SMILES string of the molecule is Oc1cc(C2CC2)ccc1-c1nnc(N[C@@H]2CC[C@H]2O)c2c1CC1CCC2O1. The zero-order valence-electron chi connectivity index (χ0n) is 15.8. The van der Waals surface area contributed by atoms with Crippen LogP contribution in [0.3, 0.4) is 0 Å². The minimum absolute atomic E-state index is 0.0237. The molecule has 2 saturated carbocycles. The zero-order chi connectivity index (χ0) is 18.8. The van der Waals surface area contributed by atoms with Crippen molar-refractivity contribution in [2.45, 2.75) is 75.2 Å². The first-order valence-corrected chi connectivity index (χ1v) is 10.5. The lowest BCUT2D eigenvalue weighted by molar-refractivity contribution is 0.0322. The van der Waals surface area contributed by atoms with E-state index in [1.165, 1.54) is 18.4 Å². The van der Waals surface area contributed by atoms with Gasteiger partial charge in [0.05, 0.1) is 24.4 Å². The fraction of sp³-hybridized carbons (Fsp3) is 0.545. The quantitative estimate of drug-likeness (QED) is 0.754. The number of phenolic OH excluding ortho intramolecular Hbond substituents is 1. The third kappa shape index (κ3) is 2.62. The second-order valence-electron chi connectivity index (χ2n) is 8.76. The van der Waals surface area contributed by atoms with Gasteiger partial charge in [-0.1, -0.05) is 6.07 Å². The minimum Gasteiger partial charge on any atom is -0.507 e. The molecule has 4 atom stereocenters. The van der Waals surface area contributed by atoms with Crippen LogP contribution in [0, 0.1) is 0 Å². The van der Waals surface area contributed by atoms with Crippen LogP contribution in [-0.2, 0) is 11.2 Å². The van der Waals surface area contributed by atoms with Gasteiger partial charge in [-0.05, 0) is 67.7 Å². The molecule has 6 nitrogen and oxygen atoms in total. The third-order valence-corrected chi connectivity index (χ3v) is 6.86. The number of aliphatic hydroxyl groups is 1. The number of aliphatic hydroxyl groups excluding tert-OH is 1. The van der Waals surface area contributed by atoms with Crippen molar-refractivity contribution in [1.82, 2.24) is 10.2 Å². The molecular formula is C22H25N3O3. The zero-order valence-corrected chi connectivity index (χ0v) is 15.8. The molecule has 1 aromatic heterocycles. The Kier molecular flexibility index (Phi) is 3.68. The van der Waals surface area contributed by atoms with Crippen LogP contribution in [0.25, 0.3) is 11.3 Å². The highest BCUT2D eigenvalue weighted by Crippen LogP contribution is 2.48. The molecule has 0 amide bonds. The molecule has 2 bridgehead atoms. The van der Waals surface area contributed by atoms with Crippen LogP contribution in [0.15, 0.2) is 18.2 Å². The molecule has 3 heterocycles. The van der Waals surface area contributed by atoms with Crippen LogP contribution >= 0.6 is 0 Å². The molecule has 1 saturated heterocycles. The molecule has 1 aromatic carbocycles.